The van der Waals surface area contributed by atoms with Crippen LogP contribution in [0.5, 0.6) is 0 Å². The van der Waals surface area contributed by atoms with E-state index in [0.29, 0.717) is 11.0 Å². The summed E-state index contributed by atoms with van der Waals surface area (Å²) in [7, 11) is 0. The molecule has 0 fully saturated rings. The molecule has 0 spiro atoms. The van der Waals surface area contributed by atoms with Gasteiger partial charge in [-0.25, -0.2) is 0 Å². The molecule has 1 N–H and O–H groups in total. The molecular formula is C19H23NO. The number of aryl methyl sites for hydroxylation is 1. The number of hydrogen-bond donors (Lipinski definition) is 1. The summed E-state index contributed by atoms with van der Waals surface area (Å²) >= 11 is 0. The zero-order valence-corrected chi connectivity index (χ0v) is 13.0. The number of benzene rings is 2. The topological polar surface area (TPSA) is 29.1 Å². The van der Waals surface area contributed by atoms with Gasteiger partial charge in [0.1, 0.15) is 0 Å². The van der Waals surface area contributed by atoms with Crippen molar-refractivity contribution < 1.29 is 4.79 Å². The Morgan fingerprint density at radius 1 is 0.952 bits per heavy atom. The fourth-order valence-electron chi connectivity index (χ4n) is 2.07. The second-order valence-corrected chi connectivity index (χ2v) is 6.58. The third-order valence-electron chi connectivity index (χ3n) is 3.41. The number of nitrogens with one attached hydrogen (secondary N) is 1. The van der Waals surface area contributed by atoms with E-state index in [-0.39, 0.29) is 5.91 Å². The molecular weight excluding hydrogens is 258 g/mol. The smallest absolute Gasteiger partial charge is 0.255 e. The lowest BCUT2D eigenvalue weighted by molar-refractivity contribution is 0.102. The molecule has 0 atom stereocenters. The molecule has 21 heavy (non-hydrogen) atoms. The highest BCUT2D eigenvalue weighted by molar-refractivity contribution is 6.04. The van der Waals surface area contributed by atoms with Crippen molar-refractivity contribution in [3.8, 4) is 0 Å². The molecule has 2 nitrogen and oxygen atoms in total. The molecule has 0 aliphatic carbocycles. The second kappa shape index (κ2) is 6.57. The summed E-state index contributed by atoms with van der Waals surface area (Å²) in [4.78, 5) is 12.0. The largest absolute Gasteiger partial charge is 0.322 e. The predicted octanol–water partition coefficient (Wildman–Crippen LogP) is 4.92. The summed E-state index contributed by atoms with van der Waals surface area (Å²) in [5.74, 6) is -0.0713. The van der Waals surface area contributed by atoms with Crippen LogP contribution < -0.4 is 5.32 Å². The number of hydrogen-bond acceptors (Lipinski definition) is 1. The minimum atomic E-state index is -0.0713. The van der Waals surface area contributed by atoms with Gasteiger partial charge in [0.15, 0.2) is 0 Å². The Balaban J connectivity index is 1.95. The first-order chi connectivity index (χ1) is 9.94. The first-order valence-electron chi connectivity index (χ1n) is 7.39. The first-order valence-corrected chi connectivity index (χ1v) is 7.39. The van der Waals surface area contributed by atoms with Crippen molar-refractivity contribution in [2.75, 3.05) is 5.32 Å². The van der Waals surface area contributed by atoms with Crippen LogP contribution in [0.2, 0.25) is 0 Å². The number of anilines is 1. The molecule has 0 aliphatic rings. The summed E-state index contributed by atoms with van der Waals surface area (Å²) in [6.45, 7) is 6.75. The highest BCUT2D eigenvalue weighted by Crippen LogP contribution is 2.22. The fraction of sp³-hybridized carbons (Fsp3) is 0.316. The standard InChI is InChI=1S/C19H23NO/c1-19(2,3)14-13-15-9-11-17(12-10-15)20-18(21)16-7-5-4-6-8-16/h4-12H,13-14H2,1-3H3,(H,20,21). The fourth-order valence-corrected chi connectivity index (χ4v) is 2.07. The van der Waals surface area contributed by atoms with Crippen molar-refractivity contribution in [1.29, 1.82) is 0 Å². The van der Waals surface area contributed by atoms with Crippen molar-refractivity contribution in [1.82, 2.24) is 0 Å². The number of amides is 1. The molecule has 0 unspecified atom stereocenters. The van der Waals surface area contributed by atoms with E-state index in [1.165, 1.54) is 5.56 Å². The number of carbonyl (C=O) groups excluding carboxylic acids is 1. The van der Waals surface area contributed by atoms with E-state index in [1.807, 2.05) is 42.5 Å². The molecule has 0 saturated carbocycles. The van der Waals surface area contributed by atoms with Crippen LogP contribution in [-0.4, -0.2) is 5.91 Å². The lowest BCUT2D eigenvalue weighted by Crippen LogP contribution is -2.11. The molecule has 2 heteroatoms. The third kappa shape index (κ3) is 5.07. The SMILES string of the molecule is CC(C)(C)CCc1ccc(NC(=O)c2ccccc2)cc1. The number of rotatable bonds is 4. The molecule has 1 amide bonds. The van der Waals surface area contributed by atoms with E-state index < -0.39 is 0 Å². The zero-order chi connectivity index (χ0) is 15.3. The summed E-state index contributed by atoms with van der Waals surface area (Å²) in [5, 5.41) is 2.92. The van der Waals surface area contributed by atoms with Gasteiger partial charge in [-0.15, -0.1) is 0 Å². The van der Waals surface area contributed by atoms with Crippen LogP contribution in [0.15, 0.2) is 54.6 Å². The average Bonchev–Trinajstić information content (AvgIpc) is 2.46. The molecule has 2 rings (SSSR count). The van der Waals surface area contributed by atoms with Crippen LogP contribution in [0.25, 0.3) is 0 Å². The van der Waals surface area contributed by atoms with Gasteiger partial charge in [0.2, 0.25) is 0 Å². The molecule has 0 radical (unpaired) electrons. The Morgan fingerprint density at radius 2 is 1.57 bits per heavy atom. The Bertz CT molecular complexity index is 579. The molecule has 0 saturated heterocycles. The Hall–Kier alpha value is -2.09. The highest BCUT2D eigenvalue weighted by Gasteiger charge is 2.10. The van der Waals surface area contributed by atoms with Crippen LogP contribution in [0.1, 0.15) is 43.1 Å². The highest BCUT2D eigenvalue weighted by atomic mass is 16.1. The maximum atomic E-state index is 12.0. The molecule has 0 heterocycles. The molecule has 0 aliphatic heterocycles. The summed E-state index contributed by atoms with van der Waals surface area (Å²) in [6.07, 6.45) is 2.22. The van der Waals surface area contributed by atoms with E-state index in [4.69, 9.17) is 0 Å². The van der Waals surface area contributed by atoms with Crippen molar-refractivity contribution >= 4 is 11.6 Å². The summed E-state index contributed by atoms with van der Waals surface area (Å²) < 4.78 is 0. The lowest BCUT2D eigenvalue weighted by Gasteiger charge is -2.17. The van der Waals surface area contributed by atoms with Crippen molar-refractivity contribution in [2.45, 2.75) is 33.6 Å². The third-order valence-corrected chi connectivity index (χ3v) is 3.41. The molecule has 2 aromatic carbocycles. The first kappa shape index (κ1) is 15.3. The van der Waals surface area contributed by atoms with Crippen LogP contribution in [0.3, 0.4) is 0 Å². The van der Waals surface area contributed by atoms with Gasteiger partial charge in [-0.3, -0.25) is 4.79 Å². The van der Waals surface area contributed by atoms with Gasteiger partial charge in [0.25, 0.3) is 5.91 Å². The van der Waals surface area contributed by atoms with Crippen LogP contribution in [0, 0.1) is 5.41 Å². The van der Waals surface area contributed by atoms with Crippen LogP contribution in [-0.2, 0) is 6.42 Å². The van der Waals surface area contributed by atoms with E-state index in [1.54, 1.807) is 0 Å². The quantitative estimate of drug-likeness (QED) is 0.847. The van der Waals surface area contributed by atoms with Gasteiger partial charge in [-0.05, 0) is 48.1 Å². The molecule has 2 aromatic rings. The molecule has 0 bridgehead atoms. The molecule has 110 valence electrons. The molecule has 0 aromatic heterocycles. The van der Waals surface area contributed by atoms with Crippen LogP contribution >= 0.6 is 0 Å². The minimum absolute atomic E-state index is 0.0713. The maximum Gasteiger partial charge on any atom is 0.255 e. The second-order valence-electron chi connectivity index (χ2n) is 6.58. The van der Waals surface area contributed by atoms with Crippen molar-refractivity contribution in [3.63, 3.8) is 0 Å². The predicted molar refractivity (Wildman–Crippen MR) is 88.6 cm³/mol. The van der Waals surface area contributed by atoms with Crippen molar-refractivity contribution in [2.24, 2.45) is 5.41 Å². The van der Waals surface area contributed by atoms with Crippen molar-refractivity contribution in [3.05, 3.63) is 65.7 Å². The Kier molecular flexibility index (Phi) is 4.79. The lowest BCUT2D eigenvalue weighted by atomic mass is 9.89. The van der Waals surface area contributed by atoms with E-state index in [2.05, 4.69) is 38.2 Å². The van der Waals surface area contributed by atoms with E-state index in [0.717, 1.165) is 18.5 Å². The monoisotopic (exact) mass is 281 g/mol. The van der Waals surface area contributed by atoms with Crippen LogP contribution in [0.4, 0.5) is 5.69 Å². The normalized spacial score (nSPS) is 11.2. The van der Waals surface area contributed by atoms with E-state index in [9.17, 15) is 4.79 Å². The van der Waals surface area contributed by atoms with E-state index >= 15 is 0 Å². The Labute approximate surface area is 127 Å². The van der Waals surface area contributed by atoms with Gasteiger partial charge in [-0.1, -0.05) is 51.1 Å². The van der Waals surface area contributed by atoms with Gasteiger partial charge in [-0.2, -0.15) is 0 Å². The van der Waals surface area contributed by atoms with Gasteiger partial charge >= 0.3 is 0 Å². The maximum absolute atomic E-state index is 12.0. The average molecular weight is 281 g/mol. The van der Waals surface area contributed by atoms with Gasteiger partial charge < -0.3 is 5.32 Å². The van der Waals surface area contributed by atoms with Gasteiger partial charge in [0.05, 0.1) is 0 Å². The Morgan fingerprint density at radius 3 is 2.14 bits per heavy atom. The summed E-state index contributed by atoms with van der Waals surface area (Å²) in [6, 6.07) is 17.4. The summed E-state index contributed by atoms with van der Waals surface area (Å²) in [5.41, 5.74) is 3.17. The number of carbonyl (C=O) groups is 1. The minimum Gasteiger partial charge on any atom is -0.322 e. The van der Waals surface area contributed by atoms with Gasteiger partial charge in [0, 0.05) is 11.3 Å². The zero-order valence-electron chi connectivity index (χ0n) is 13.0.